The molecule has 1 saturated carbocycles. The number of hydrogen-bond donors (Lipinski definition) is 3. The van der Waals surface area contributed by atoms with Gasteiger partial charge < -0.3 is 15.7 Å². The van der Waals surface area contributed by atoms with Crippen LogP contribution in [0.25, 0.3) is 0 Å². The lowest BCUT2D eigenvalue weighted by atomic mass is 9.94. The van der Waals surface area contributed by atoms with E-state index in [9.17, 15) is 5.11 Å². The van der Waals surface area contributed by atoms with Crippen molar-refractivity contribution in [3.05, 3.63) is 29.3 Å². The van der Waals surface area contributed by atoms with Crippen LogP contribution in [0.15, 0.2) is 18.2 Å². The molecular weight excluding hydrogens is 200 g/mol. The minimum atomic E-state index is 0.358. The Morgan fingerprint density at radius 1 is 1.38 bits per heavy atom. The summed E-state index contributed by atoms with van der Waals surface area (Å²) in [5.41, 5.74) is 2.64. The highest BCUT2D eigenvalue weighted by Crippen LogP contribution is 2.27. The summed E-state index contributed by atoms with van der Waals surface area (Å²) in [4.78, 5) is 0. The summed E-state index contributed by atoms with van der Waals surface area (Å²) in [5, 5.41) is 16.6. The summed E-state index contributed by atoms with van der Waals surface area (Å²) >= 11 is 0. The largest absolute Gasteiger partial charge is 0.508 e. The predicted molar refractivity (Wildman–Crippen MR) is 63.6 cm³/mol. The molecule has 0 aromatic heterocycles. The van der Waals surface area contributed by atoms with Gasteiger partial charge in [-0.3, -0.25) is 0 Å². The van der Waals surface area contributed by atoms with E-state index < -0.39 is 0 Å². The fraction of sp³-hybridized carbons (Fsp3) is 0.538. The highest BCUT2D eigenvalue weighted by molar-refractivity contribution is 5.38. The molecule has 3 nitrogen and oxygen atoms in total. The molecule has 3 N–H and O–H groups in total. The third kappa shape index (κ3) is 2.06. The average Bonchev–Trinajstić information content (AvgIpc) is 3.10. The number of aromatic hydroxyl groups is 1. The van der Waals surface area contributed by atoms with Crippen LogP contribution in [0.1, 0.15) is 30.0 Å². The molecule has 2 aliphatic rings. The third-order valence-electron chi connectivity index (χ3n) is 3.48. The predicted octanol–water partition coefficient (Wildman–Crippen LogP) is 1.33. The van der Waals surface area contributed by atoms with E-state index in [2.05, 4.69) is 16.7 Å². The molecule has 1 fully saturated rings. The van der Waals surface area contributed by atoms with Crippen LogP contribution in [0.2, 0.25) is 0 Å². The second kappa shape index (κ2) is 4.07. The third-order valence-corrected chi connectivity index (χ3v) is 3.48. The Labute approximate surface area is 95.9 Å². The van der Waals surface area contributed by atoms with E-state index in [1.807, 2.05) is 6.07 Å². The van der Waals surface area contributed by atoms with Gasteiger partial charge in [0, 0.05) is 18.6 Å². The summed E-state index contributed by atoms with van der Waals surface area (Å²) in [5.74, 6) is 0.374. The summed E-state index contributed by atoms with van der Waals surface area (Å²) < 4.78 is 0. The van der Waals surface area contributed by atoms with Crippen LogP contribution in [0.4, 0.5) is 0 Å². The van der Waals surface area contributed by atoms with Crippen molar-refractivity contribution in [2.75, 3.05) is 13.1 Å². The molecule has 3 heteroatoms. The quantitative estimate of drug-likeness (QED) is 0.717. The smallest absolute Gasteiger partial charge is 0.115 e. The van der Waals surface area contributed by atoms with Crippen molar-refractivity contribution in [1.82, 2.24) is 10.6 Å². The van der Waals surface area contributed by atoms with Crippen molar-refractivity contribution in [2.45, 2.75) is 31.3 Å². The first-order chi connectivity index (χ1) is 7.83. The van der Waals surface area contributed by atoms with Gasteiger partial charge in [-0.2, -0.15) is 0 Å². The van der Waals surface area contributed by atoms with Gasteiger partial charge in [-0.1, -0.05) is 6.07 Å². The molecule has 0 amide bonds. The van der Waals surface area contributed by atoms with Gasteiger partial charge in [0.2, 0.25) is 0 Å². The van der Waals surface area contributed by atoms with E-state index in [0.717, 1.165) is 25.6 Å². The lowest BCUT2D eigenvalue weighted by Crippen LogP contribution is -2.37. The molecule has 1 aliphatic heterocycles. The molecule has 1 unspecified atom stereocenters. The van der Waals surface area contributed by atoms with Gasteiger partial charge in [-0.25, -0.2) is 0 Å². The maximum absolute atomic E-state index is 9.55. The van der Waals surface area contributed by atoms with Crippen LogP contribution in [0, 0.1) is 0 Å². The Hall–Kier alpha value is -1.06. The number of fused-ring (bicyclic) bond motifs is 1. The Bertz CT molecular complexity index is 388. The summed E-state index contributed by atoms with van der Waals surface area (Å²) in [6, 6.07) is 6.84. The highest BCUT2D eigenvalue weighted by atomic mass is 16.3. The number of phenolic OH excluding ortho intramolecular Hbond substituents is 1. The summed E-state index contributed by atoms with van der Waals surface area (Å²) in [6.45, 7) is 2.01. The normalized spacial score (nSPS) is 24.1. The van der Waals surface area contributed by atoms with Crippen LogP contribution in [0.5, 0.6) is 5.75 Å². The van der Waals surface area contributed by atoms with Gasteiger partial charge in [0.05, 0.1) is 0 Å². The second-order valence-corrected chi connectivity index (χ2v) is 4.82. The molecule has 1 aromatic rings. The van der Waals surface area contributed by atoms with E-state index in [-0.39, 0.29) is 0 Å². The van der Waals surface area contributed by atoms with Crippen molar-refractivity contribution in [3.8, 4) is 5.75 Å². The maximum Gasteiger partial charge on any atom is 0.115 e. The minimum Gasteiger partial charge on any atom is -0.508 e. The maximum atomic E-state index is 9.55. The van der Waals surface area contributed by atoms with Crippen LogP contribution < -0.4 is 10.6 Å². The monoisotopic (exact) mass is 218 g/mol. The van der Waals surface area contributed by atoms with Gasteiger partial charge in [-0.15, -0.1) is 0 Å². The van der Waals surface area contributed by atoms with Crippen molar-refractivity contribution in [1.29, 1.82) is 0 Å². The lowest BCUT2D eigenvalue weighted by molar-refractivity contribution is 0.451. The van der Waals surface area contributed by atoms with E-state index >= 15 is 0 Å². The van der Waals surface area contributed by atoms with Crippen molar-refractivity contribution >= 4 is 0 Å². The molecule has 16 heavy (non-hydrogen) atoms. The summed E-state index contributed by atoms with van der Waals surface area (Å²) in [7, 11) is 0. The molecular formula is C13H18N2O. The van der Waals surface area contributed by atoms with Crippen LogP contribution >= 0.6 is 0 Å². The molecule has 1 aliphatic carbocycles. The SMILES string of the molecule is Oc1ccc2c(c1)C(CNC1CC1)NCC2. The number of benzene rings is 1. The average molecular weight is 218 g/mol. The zero-order valence-electron chi connectivity index (χ0n) is 9.37. The van der Waals surface area contributed by atoms with Gasteiger partial charge in [0.1, 0.15) is 5.75 Å². The van der Waals surface area contributed by atoms with Crippen LogP contribution in [0.3, 0.4) is 0 Å². The highest BCUT2D eigenvalue weighted by Gasteiger charge is 2.24. The van der Waals surface area contributed by atoms with Crippen LogP contribution in [-0.2, 0) is 6.42 Å². The second-order valence-electron chi connectivity index (χ2n) is 4.82. The van der Waals surface area contributed by atoms with Gasteiger partial charge in [-0.05, 0) is 49.1 Å². The molecule has 0 spiro atoms. The van der Waals surface area contributed by atoms with Gasteiger partial charge in [0.15, 0.2) is 0 Å². The Morgan fingerprint density at radius 3 is 3.06 bits per heavy atom. The summed E-state index contributed by atoms with van der Waals surface area (Å²) in [6.07, 6.45) is 3.70. The number of phenols is 1. The molecule has 0 radical (unpaired) electrons. The van der Waals surface area contributed by atoms with Gasteiger partial charge >= 0.3 is 0 Å². The molecule has 1 aromatic carbocycles. The number of hydrogen-bond acceptors (Lipinski definition) is 3. The topological polar surface area (TPSA) is 44.3 Å². The van der Waals surface area contributed by atoms with Crippen molar-refractivity contribution in [2.24, 2.45) is 0 Å². The zero-order chi connectivity index (χ0) is 11.0. The standard InChI is InChI=1S/C13H18N2O/c16-11-4-1-9-5-6-14-13(12(9)7-11)8-15-10-2-3-10/h1,4,7,10,13-16H,2-3,5-6,8H2. The van der Waals surface area contributed by atoms with E-state index in [0.29, 0.717) is 11.8 Å². The molecule has 3 rings (SSSR count). The van der Waals surface area contributed by atoms with E-state index in [1.54, 1.807) is 6.07 Å². The minimum absolute atomic E-state index is 0.358. The fourth-order valence-electron chi connectivity index (χ4n) is 2.38. The lowest BCUT2D eigenvalue weighted by Gasteiger charge is -2.27. The first-order valence-corrected chi connectivity index (χ1v) is 6.11. The van der Waals surface area contributed by atoms with E-state index in [1.165, 1.54) is 24.0 Å². The zero-order valence-corrected chi connectivity index (χ0v) is 9.37. The Kier molecular flexibility index (Phi) is 2.58. The Morgan fingerprint density at radius 2 is 2.25 bits per heavy atom. The molecule has 0 bridgehead atoms. The van der Waals surface area contributed by atoms with E-state index in [4.69, 9.17) is 0 Å². The fourth-order valence-corrected chi connectivity index (χ4v) is 2.38. The molecule has 86 valence electrons. The van der Waals surface area contributed by atoms with Crippen molar-refractivity contribution < 1.29 is 5.11 Å². The number of nitrogens with one attached hydrogen (secondary N) is 2. The number of rotatable bonds is 3. The van der Waals surface area contributed by atoms with Crippen molar-refractivity contribution in [3.63, 3.8) is 0 Å². The molecule has 1 heterocycles. The van der Waals surface area contributed by atoms with Crippen LogP contribution in [-0.4, -0.2) is 24.2 Å². The Balaban J connectivity index is 1.77. The molecule has 0 saturated heterocycles. The van der Waals surface area contributed by atoms with Gasteiger partial charge in [0.25, 0.3) is 0 Å². The first-order valence-electron chi connectivity index (χ1n) is 6.11. The first kappa shape index (κ1) is 10.1. The molecule has 1 atom stereocenters.